The van der Waals surface area contributed by atoms with Gasteiger partial charge >= 0.3 is 6.09 Å². The molecule has 0 saturated heterocycles. The fourth-order valence-corrected chi connectivity index (χ4v) is 2.74. The van der Waals surface area contributed by atoms with Crippen LogP contribution < -0.4 is 5.32 Å². The number of alkyl carbamates (subject to hydrolysis) is 1. The molecule has 0 aromatic carbocycles. The van der Waals surface area contributed by atoms with Gasteiger partial charge in [-0.05, 0) is 52.5 Å². The van der Waals surface area contributed by atoms with Crippen LogP contribution in [0.25, 0.3) is 0 Å². The average molecular weight is 307 g/mol. The molecule has 122 valence electrons. The van der Waals surface area contributed by atoms with Crippen molar-refractivity contribution in [3.8, 4) is 0 Å². The number of hydrogen-bond donors (Lipinski definition) is 1. The first-order valence-electron chi connectivity index (χ1n) is 7.80. The first-order valence-corrected chi connectivity index (χ1v) is 7.80. The van der Waals surface area contributed by atoms with Crippen molar-refractivity contribution in [1.82, 2.24) is 15.1 Å². The van der Waals surface area contributed by atoms with Crippen LogP contribution >= 0.6 is 0 Å². The number of ether oxygens (including phenoxy) is 1. The monoisotopic (exact) mass is 307 g/mol. The van der Waals surface area contributed by atoms with Gasteiger partial charge in [0.05, 0.1) is 5.69 Å². The number of nitrogens with one attached hydrogen (secondary N) is 1. The summed E-state index contributed by atoms with van der Waals surface area (Å²) >= 11 is 0. The molecule has 0 radical (unpaired) electrons. The van der Waals surface area contributed by atoms with Crippen LogP contribution in [0, 0.1) is 0 Å². The fourth-order valence-electron chi connectivity index (χ4n) is 2.74. The second-order valence-electron chi connectivity index (χ2n) is 6.90. The van der Waals surface area contributed by atoms with Crippen LogP contribution in [0.2, 0.25) is 0 Å². The van der Waals surface area contributed by atoms with E-state index in [0.717, 1.165) is 31.4 Å². The lowest BCUT2D eigenvalue weighted by atomic mass is 9.84. The Bertz CT molecular complexity index is 537. The summed E-state index contributed by atoms with van der Waals surface area (Å²) in [5, 5.41) is 7.25. The largest absolute Gasteiger partial charge is 0.444 e. The summed E-state index contributed by atoms with van der Waals surface area (Å²) in [6, 6.07) is 2.06. The molecule has 0 spiro atoms. The maximum atomic E-state index is 11.8. The van der Waals surface area contributed by atoms with Crippen LogP contribution in [-0.2, 0) is 4.74 Å². The normalized spacial score (nSPS) is 22.2. The quantitative estimate of drug-likeness (QED) is 0.911. The number of carbonyl (C=O) groups is 2. The van der Waals surface area contributed by atoms with Crippen molar-refractivity contribution < 1.29 is 14.3 Å². The molecule has 2 rings (SSSR count). The van der Waals surface area contributed by atoms with Gasteiger partial charge in [0.2, 0.25) is 5.91 Å². The van der Waals surface area contributed by atoms with Crippen molar-refractivity contribution in [2.45, 2.75) is 70.9 Å². The Balaban J connectivity index is 1.82. The summed E-state index contributed by atoms with van der Waals surface area (Å²) in [6.07, 6.45) is 5.07. The molecule has 1 aromatic heterocycles. The molecule has 0 bridgehead atoms. The predicted molar refractivity (Wildman–Crippen MR) is 82.9 cm³/mol. The van der Waals surface area contributed by atoms with Crippen molar-refractivity contribution in [1.29, 1.82) is 0 Å². The Morgan fingerprint density at radius 1 is 1.27 bits per heavy atom. The number of aromatic nitrogens is 2. The smallest absolute Gasteiger partial charge is 0.407 e. The fraction of sp³-hybridized carbons (Fsp3) is 0.688. The third-order valence-corrected chi connectivity index (χ3v) is 3.80. The van der Waals surface area contributed by atoms with E-state index in [9.17, 15) is 9.59 Å². The summed E-state index contributed by atoms with van der Waals surface area (Å²) in [5.41, 5.74) is 0.492. The zero-order valence-electron chi connectivity index (χ0n) is 13.8. The molecular formula is C16H25N3O3. The molecule has 1 aliphatic carbocycles. The van der Waals surface area contributed by atoms with Crippen LogP contribution in [0.3, 0.4) is 0 Å². The number of carbonyl (C=O) groups excluding carboxylic acids is 2. The van der Waals surface area contributed by atoms with E-state index in [1.54, 1.807) is 6.20 Å². The summed E-state index contributed by atoms with van der Waals surface area (Å²) in [6.45, 7) is 7.07. The average Bonchev–Trinajstić information content (AvgIpc) is 2.87. The molecule has 0 aliphatic heterocycles. The minimum Gasteiger partial charge on any atom is -0.444 e. The highest BCUT2D eigenvalue weighted by Crippen LogP contribution is 2.32. The van der Waals surface area contributed by atoms with Gasteiger partial charge in [0.15, 0.2) is 0 Å². The van der Waals surface area contributed by atoms with Crippen LogP contribution in [0.15, 0.2) is 12.3 Å². The molecule has 6 heteroatoms. The Kier molecular flexibility index (Phi) is 4.88. The van der Waals surface area contributed by atoms with Gasteiger partial charge in [-0.25, -0.2) is 9.48 Å². The van der Waals surface area contributed by atoms with E-state index in [0.29, 0.717) is 5.92 Å². The van der Waals surface area contributed by atoms with Gasteiger partial charge in [0, 0.05) is 25.1 Å². The number of nitrogens with zero attached hydrogens (tertiary/aromatic N) is 2. The van der Waals surface area contributed by atoms with Gasteiger partial charge in [-0.15, -0.1) is 0 Å². The lowest BCUT2D eigenvalue weighted by Gasteiger charge is -2.29. The molecule has 1 saturated carbocycles. The Morgan fingerprint density at radius 3 is 2.41 bits per heavy atom. The van der Waals surface area contributed by atoms with E-state index in [4.69, 9.17) is 4.74 Å². The molecule has 1 fully saturated rings. The second kappa shape index (κ2) is 6.50. The van der Waals surface area contributed by atoms with Gasteiger partial charge in [-0.2, -0.15) is 5.10 Å². The van der Waals surface area contributed by atoms with E-state index < -0.39 is 5.60 Å². The highest BCUT2D eigenvalue weighted by molar-refractivity contribution is 5.74. The van der Waals surface area contributed by atoms with Gasteiger partial charge in [-0.1, -0.05) is 0 Å². The lowest BCUT2D eigenvalue weighted by molar-refractivity contribution is 0.0490. The maximum Gasteiger partial charge on any atom is 0.407 e. The molecule has 22 heavy (non-hydrogen) atoms. The molecule has 0 unspecified atom stereocenters. The van der Waals surface area contributed by atoms with Gasteiger partial charge in [0.1, 0.15) is 5.60 Å². The molecule has 1 heterocycles. The van der Waals surface area contributed by atoms with E-state index in [-0.39, 0.29) is 18.0 Å². The Morgan fingerprint density at radius 2 is 1.91 bits per heavy atom. The lowest BCUT2D eigenvalue weighted by Crippen LogP contribution is -2.40. The zero-order valence-corrected chi connectivity index (χ0v) is 13.8. The van der Waals surface area contributed by atoms with Crippen molar-refractivity contribution in [2.75, 3.05) is 0 Å². The molecule has 6 nitrogen and oxygen atoms in total. The molecule has 1 aliphatic rings. The van der Waals surface area contributed by atoms with Gasteiger partial charge in [0.25, 0.3) is 0 Å². The highest BCUT2D eigenvalue weighted by atomic mass is 16.6. The minimum absolute atomic E-state index is 0.0773. The van der Waals surface area contributed by atoms with Gasteiger partial charge in [-0.3, -0.25) is 4.79 Å². The summed E-state index contributed by atoms with van der Waals surface area (Å²) < 4.78 is 6.65. The summed E-state index contributed by atoms with van der Waals surface area (Å²) in [4.78, 5) is 23.0. The van der Waals surface area contributed by atoms with Crippen molar-refractivity contribution >= 4 is 12.0 Å². The summed E-state index contributed by atoms with van der Waals surface area (Å²) in [5.74, 6) is 0.281. The SMILES string of the molecule is CC(=O)n1ccc(C2CCC(NC(=O)OC(C)(C)C)CC2)n1. The Hall–Kier alpha value is -1.85. The molecule has 1 amide bonds. The zero-order chi connectivity index (χ0) is 16.3. The van der Waals surface area contributed by atoms with Crippen molar-refractivity contribution in [3.05, 3.63) is 18.0 Å². The predicted octanol–water partition coefficient (Wildman–Crippen LogP) is 3.09. The highest BCUT2D eigenvalue weighted by Gasteiger charge is 2.26. The molecule has 1 aromatic rings. The number of hydrogen-bond acceptors (Lipinski definition) is 4. The maximum absolute atomic E-state index is 11.8. The first-order chi connectivity index (χ1) is 10.2. The summed E-state index contributed by atoms with van der Waals surface area (Å²) in [7, 11) is 0. The van der Waals surface area contributed by atoms with Crippen molar-refractivity contribution in [3.63, 3.8) is 0 Å². The first kappa shape index (κ1) is 16.5. The minimum atomic E-state index is -0.471. The second-order valence-corrected chi connectivity index (χ2v) is 6.90. The van der Waals surface area contributed by atoms with E-state index in [1.165, 1.54) is 11.6 Å². The van der Waals surface area contributed by atoms with Gasteiger partial charge < -0.3 is 10.1 Å². The Labute approximate surface area is 131 Å². The number of rotatable bonds is 2. The van der Waals surface area contributed by atoms with Crippen LogP contribution in [0.5, 0.6) is 0 Å². The van der Waals surface area contributed by atoms with E-state index in [2.05, 4.69) is 10.4 Å². The van der Waals surface area contributed by atoms with E-state index in [1.807, 2.05) is 26.8 Å². The van der Waals surface area contributed by atoms with E-state index >= 15 is 0 Å². The topological polar surface area (TPSA) is 73.2 Å². The van der Waals surface area contributed by atoms with Crippen molar-refractivity contribution in [2.24, 2.45) is 0 Å². The molecule has 1 N–H and O–H groups in total. The molecule has 0 atom stereocenters. The standard InChI is InChI=1S/C16H25N3O3/c1-11(20)19-10-9-14(18-19)12-5-7-13(8-6-12)17-15(21)22-16(2,3)4/h9-10,12-13H,5-8H2,1-4H3,(H,17,21). The third-order valence-electron chi connectivity index (χ3n) is 3.80. The molecular weight excluding hydrogens is 282 g/mol. The number of amides is 1. The van der Waals surface area contributed by atoms with Crippen LogP contribution in [0.1, 0.15) is 69.8 Å². The van der Waals surface area contributed by atoms with Crippen LogP contribution in [-0.4, -0.2) is 33.4 Å². The third kappa shape index (κ3) is 4.58. The van der Waals surface area contributed by atoms with Crippen LogP contribution in [0.4, 0.5) is 4.79 Å².